The van der Waals surface area contributed by atoms with Gasteiger partial charge >= 0.3 is 0 Å². The second-order valence-corrected chi connectivity index (χ2v) is 6.30. The van der Waals surface area contributed by atoms with Crippen LogP contribution in [0.25, 0.3) is 10.9 Å². The van der Waals surface area contributed by atoms with Crippen LogP contribution in [0.1, 0.15) is 32.4 Å². The molecule has 0 saturated heterocycles. The fourth-order valence-electron chi connectivity index (χ4n) is 2.79. The average molecular weight is 257 g/mol. The first-order chi connectivity index (χ1) is 9.10. The van der Waals surface area contributed by atoms with E-state index < -0.39 is 0 Å². The van der Waals surface area contributed by atoms with Gasteiger partial charge in [-0.3, -0.25) is 4.68 Å². The lowest BCUT2D eigenvalue weighted by molar-refractivity contribution is 0.425. The van der Waals surface area contributed by atoms with Crippen molar-refractivity contribution in [2.75, 3.05) is 6.54 Å². The van der Waals surface area contributed by atoms with Crippen molar-refractivity contribution < 1.29 is 0 Å². The molecule has 1 N–H and O–H groups in total. The van der Waals surface area contributed by atoms with Crippen LogP contribution in [0, 0.1) is 5.41 Å². The van der Waals surface area contributed by atoms with Gasteiger partial charge in [-0.05, 0) is 30.7 Å². The van der Waals surface area contributed by atoms with Crippen molar-refractivity contribution in [1.82, 2.24) is 15.1 Å². The van der Waals surface area contributed by atoms with Gasteiger partial charge in [0, 0.05) is 25.0 Å². The number of para-hydroxylation sites is 1. The van der Waals surface area contributed by atoms with Gasteiger partial charge in [-0.1, -0.05) is 32.0 Å². The number of nitrogens with zero attached hydrogens (tertiary/aromatic N) is 2. The summed E-state index contributed by atoms with van der Waals surface area (Å²) in [5.41, 5.74) is 2.97. The zero-order valence-electron chi connectivity index (χ0n) is 12.1. The van der Waals surface area contributed by atoms with Crippen molar-refractivity contribution in [3.05, 3.63) is 30.0 Å². The van der Waals surface area contributed by atoms with Crippen LogP contribution in [0.3, 0.4) is 0 Å². The molecule has 0 aliphatic heterocycles. The van der Waals surface area contributed by atoms with Crippen molar-refractivity contribution in [2.24, 2.45) is 12.5 Å². The van der Waals surface area contributed by atoms with Gasteiger partial charge in [0.1, 0.15) is 0 Å². The Morgan fingerprint density at radius 2 is 2.05 bits per heavy atom. The van der Waals surface area contributed by atoms with Gasteiger partial charge in [0.2, 0.25) is 0 Å². The van der Waals surface area contributed by atoms with E-state index in [9.17, 15) is 0 Å². The van der Waals surface area contributed by atoms with Gasteiger partial charge in [0.05, 0.1) is 11.2 Å². The minimum Gasteiger partial charge on any atom is -0.314 e. The molecular weight excluding hydrogens is 234 g/mol. The molecule has 1 aliphatic carbocycles. The molecule has 0 spiro atoms. The second-order valence-electron chi connectivity index (χ2n) is 6.30. The molecule has 0 atom stereocenters. The molecule has 1 aromatic heterocycles. The molecular formula is C16H23N3. The predicted molar refractivity (Wildman–Crippen MR) is 79.2 cm³/mol. The number of rotatable bonds is 5. The van der Waals surface area contributed by atoms with E-state index in [2.05, 4.69) is 43.4 Å². The summed E-state index contributed by atoms with van der Waals surface area (Å²) in [6.07, 6.45) is 3.77. The molecule has 1 heterocycles. The fourth-order valence-corrected chi connectivity index (χ4v) is 2.79. The molecule has 1 saturated carbocycles. The Balaban J connectivity index is 1.82. The molecule has 1 aromatic carbocycles. The molecule has 3 heteroatoms. The highest BCUT2D eigenvalue weighted by Crippen LogP contribution is 2.48. The number of benzene rings is 1. The van der Waals surface area contributed by atoms with Gasteiger partial charge in [-0.15, -0.1) is 0 Å². The van der Waals surface area contributed by atoms with Crippen LogP contribution in [0.15, 0.2) is 24.3 Å². The maximum atomic E-state index is 4.73. The van der Waals surface area contributed by atoms with Gasteiger partial charge < -0.3 is 5.32 Å². The summed E-state index contributed by atoms with van der Waals surface area (Å²) in [4.78, 5) is 0. The quantitative estimate of drug-likeness (QED) is 0.892. The Morgan fingerprint density at radius 3 is 2.74 bits per heavy atom. The summed E-state index contributed by atoms with van der Waals surface area (Å²) in [7, 11) is 2.04. The van der Waals surface area contributed by atoms with Crippen LogP contribution in [0.5, 0.6) is 0 Å². The van der Waals surface area contributed by atoms with E-state index in [1.165, 1.54) is 29.4 Å². The van der Waals surface area contributed by atoms with E-state index in [1.807, 2.05) is 11.7 Å². The van der Waals surface area contributed by atoms with Crippen LogP contribution < -0.4 is 5.32 Å². The molecule has 2 aromatic rings. The lowest BCUT2D eigenvalue weighted by atomic mass is 9.98. The van der Waals surface area contributed by atoms with Crippen molar-refractivity contribution >= 4 is 10.9 Å². The van der Waals surface area contributed by atoms with Crippen LogP contribution >= 0.6 is 0 Å². The normalized spacial score (nSPS) is 17.3. The molecule has 1 aliphatic rings. The molecule has 3 nitrogen and oxygen atoms in total. The largest absolute Gasteiger partial charge is 0.314 e. The topological polar surface area (TPSA) is 29.9 Å². The number of fused-ring (bicyclic) bond motifs is 1. The third kappa shape index (κ3) is 2.52. The van der Waals surface area contributed by atoms with Gasteiger partial charge in [-0.2, -0.15) is 5.10 Å². The van der Waals surface area contributed by atoms with Crippen LogP contribution in [-0.2, 0) is 13.5 Å². The van der Waals surface area contributed by atoms with E-state index in [0.29, 0.717) is 11.5 Å². The zero-order chi connectivity index (χ0) is 13.5. The summed E-state index contributed by atoms with van der Waals surface area (Å²) in [5, 5.41) is 9.64. The molecule has 1 fully saturated rings. The van der Waals surface area contributed by atoms with E-state index in [1.54, 1.807) is 0 Å². The average Bonchev–Trinajstić information content (AvgIpc) is 3.09. The molecule has 102 valence electrons. The van der Waals surface area contributed by atoms with Crippen molar-refractivity contribution in [3.8, 4) is 0 Å². The van der Waals surface area contributed by atoms with Gasteiger partial charge in [0.15, 0.2) is 0 Å². The van der Waals surface area contributed by atoms with E-state index >= 15 is 0 Å². The van der Waals surface area contributed by atoms with Crippen LogP contribution in [-0.4, -0.2) is 22.4 Å². The van der Waals surface area contributed by atoms with E-state index in [0.717, 1.165) is 13.0 Å². The standard InChI is InChI=1S/C16H23N3/c1-12(2)17-11-16(8-9-16)10-14-13-6-4-5-7-15(13)19(3)18-14/h4-7,12,17H,8-11H2,1-3H3. The smallest absolute Gasteiger partial charge is 0.0709 e. The van der Waals surface area contributed by atoms with Crippen LogP contribution in [0.2, 0.25) is 0 Å². The summed E-state index contributed by atoms with van der Waals surface area (Å²) < 4.78 is 2.01. The Kier molecular flexibility index (Phi) is 3.09. The van der Waals surface area contributed by atoms with E-state index in [-0.39, 0.29) is 0 Å². The summed E-state index contributed by atoms with van der Waals surface area (Å²) in [6, 6.07) is 9.11. The Morgan fingerprint density at radius 1 is 1.32 bits per heavy atom. The van der Waals surface area contributed by atoms with Crippen LogP contribution in [0.4, 0.5) is 0 Å². The van der Waals surface area contributed by atoms with Gasteiger partial charge in [0.25, 0.3) is 0 Å². The third-order valence-corrected chi connectivity index (χ3v) is 4.22. The molecule has 0 radical (unpaired) electrons. The predicted octanol–water partition coefficient (Wildman–Crippen LogP) is 2.89. The number of nitrogens with one attached hydrogen (secondary N) is 1. The fraction of sp³-hybridized carbons (Fsp3) is 0.562. The second kappa shape index (κ2) is 4.64. The SMILES string of the molecule is CC(C)NCC1(Cc2nn(C)c3ccccc23)CC1. The van der Waals surface area contributed by atoms with Crippen molar-refractivity contribution in [1.29, 1.82) is 0 Å². The lowest BCUT2D eigenvalue weighted by Gasteiger charge is -2.17. The zero-order valence-corrected chi connectivity index (χ0v) is 12.1. The summed E-state index contributed by atoms with van der Waals surface area (Å²) >= 11 is 0. The number of aromatic nitrogens is 2. The highest BCUT2D eigenvalue weighted by atomic mass is 15.3. The highest BCUT2D eigenvalue weighted by Gasteiger charge is 2.43. The maximum Gasteiger partial charge on any atom is 0.0709 e. The number of aryl methyl sites for hydroxylation is 1. The molecule has 0 bridgehead atoms. The van der Waals surface area contributed by atoms with Crippen molar-refractivity contribution in [3.63, 3.8) is 0 Å². The Hall–Kier alpha value is -1.35. The number of hydrogen-bond donors (Lipinski definition) is 1. The molecule has 0 amide bonds. The Labute approximate surface area is 115 Å². The summed E-state index contributed by atoms with van der Waals surface area (Å²) in [6.45, 7) is 5.55. The first-order valence-electron chi connectivity index (χ1n) is 7.24. The first kappa shape index (κ1) is 12.7. The molecule has 3 rings (SSSR count). The number of hydrogen-bond acceptors (Lipinski definition) is 2. The lowest BCUT2D eigenvalue weighted by Crippen LogP contribution is -2.31. The van der Waals surface area contributed by atoms with Gasteiger partial charge in [-0.25, -0.2) is 0 Å². The summed E-state index contributed by atoms with van der Waals surface area (Å²) in [5.74, 6) is 0. The minimum absolute atomic E-state index is 0.460. The van der Waals surface area contributed by atoms with Crippen molar-refractivity contribution in [2.45, 2.75) is 39.2 Å². The minimum atomic E-state index is 0.460. The Bertz CT molecular complexity index is 579. The monoisotopic (exact) mass is 257 g/mol. The molecule has 0 unspecified atom stereocenters. The van der Waals surface area contributed by atoms with E-state index in [4.69, 9.17) is 5.10 Å². The first-order valence-corrected chi connectivity index (χ1v) is 7.24. The third-order valence-electron chi connectivity index (χ3n) is 4.22. The maximum absolute atomic E-state index is 4.73. The highest BCUT2D eigenvalue weighted by molar-refractivity contribution is 5.81. The molecule has 19 heavy (non-hydrogen) atoms.